The van der Waals surface area contributed by atoms with Crippen LogP contribution < -0.4 is 4.31 Å². The molecule has 2 aromatic rings. The fourth-order valence-electron chi connectivity index (χ4n) is 5.22. The molecule has 2 fully saturated rings. The van der Waals surface area contributed by atoms with Crippen molar-refractivity contribution in [2.45, 2.75) is 68.4 Å². The molecule has 188 valence electrons. The Morgan fingerprint density at radius 1 is 1.14 bits per heavy atom. The number of methoxy groups -OCH3 is 1. The lowest BCUT2D eigenvalue weighted by Crippen LogP contribution is -2.59. The third-order valence-corrected chi connectivity index (χ3v) is 8.80. The molecule has 0 bridgehead atoms. The van der Waals surface area contributed by atoms with E-state index in [-0.39, 0.29) is 17.7 Å². The molecule has 0 saturated carbocycles. The number of para-hydroxylation sites is 1. The summed E-state index contributed by atoms with van der Waals surface area (Å²) in [5, 5.41) is 1.29. The van der Waals surface area contributed by atoms with Crippen molar-refractivity contribution in [1.29, 1.82) is 0 Å². The van der Waals surface area contributed by atoms with Crippen LogP contribution in [0.2, 0.25) is 0 Å². The third kappa shape index (κ3) is 3.84. The molecule has 0 aromatic heterocycles. The zero-order valence-corrected chi connectivity index (χ0v) is 20.9. The van der Waals surface area contributed by atoms with Gasteiger partial charge in [0.15, 0.2) is 12.4 Å². The molecule has 9 nitrogen and oxygen atoms in total. The largest absolute Gasteiger partial charge is 0.467 e. The maximum absolute atomic E-state index is 14.1. The Kier molecular flexibility index (Phi) is 6.35. The van der Waals surface area contributed by atoms with Crippen molar-refractivity contribution in [2.24, 2.45) is 0 Å². The fraction of sp³-hybridized carbons (Fsp3) is 0.480. The van der Waals surface area contributed by atoms with Crippen molar-refractivity contribution < 1.29 is 32.4 Å². The van der Waals surface area contributed by atoms with Crippen molar-refractivity contribution in [1.82, 2.24) is 5.23 Å². The van der Waals surface area contributed by atoms with Gasteiger partial charge in [-0.05, 0) is 36.8 Å². The van der Waals surface area contributed by atoms with Crippen molar-refractivity contribution >= 4 is 21.7 Å². The standard InChI is InChI=1S/C25H30N2O7S/c1-4-5-14-32-23-15-22-25(16-21(24(28)31-3)33-27(25)34-23)19-8-6-7-9-20(19)26(22)35(29,30)18-12-10-17(2)11-13-18/h6-13,21-23H,4-5,14-16H2,1-3H3/t21-,22+,23+,25+/m0/s1. The summed E-state index contributed by atoms with van der Waals surface area (Å²) in [4.78, 5) is 24.7. The molecule has 2 aromatic carbocycles. The van der Waals surface area contributed by atoms with Gasteiger partial charge in [0.05, 0.1) is 23.7 Å². The number of sulfonamides is 1. The Labute approximate surface area is 205 Å². The lowest BCUT2D eigenvalue weighted by molar-refractivity contribution is -0.456. The number of hydroxylamine groups is 2. The molecule has 35 heavy (non-hydrogen) atoms. The Morgan fingerprint density at radius 2 is 1.89 bits per heavy atom. The summed E-state index contributed by atoms with van der Waals surface area (Å²) in [5.74, 6) is -0.545. The van der Waals surface area contributed by atoms with E-state index >= 15 is 0 Å². The predicted molar refractivity (Wildman–Crippen MR) is 126 cm³/mol. The zero-order valence-electron chi connectivity index (χ0n) is 20.0. The molecule has 0 unspecified atom stereocenters. The summed E-state index contributed by atoms with van der Waals surface area (Å²) in [5.41, 5.74) is 1.20. The number of carbonyl (C=O) groups excluding carboxylic acids is 1. The highest BCUT2D eigenvalue weighted by molar-refractivity contribution is 7.92. The first-order valence-corrected chi connectivity index (χ1v) is 13.3. The number of benzene rings is 2. The number of anilines is 1. The van der Waals surface area contributed by atoms with Crippen LogP contribution in [0.3, 0.4) is 0 Å². The Hall–Kier alpha value is -2.50. The van der Waals surface area contributed by atoms with Gasteiger partial charge in [0.1, 0.15) is 5.54 Å². The van der Waals surface area contributed by atoms with Crippen LogP contribution in [0, 0.1) is 6.92 Å². The molecular weight excluding hydrogens is 472 g/mol. The van der Waals surface area contributed by atoms with Crippen LogP contribution in [-0.4, -0.2) is 51.8 Å². The number of rotatable bonds is 7. The average Bonchev–Trinajstić information content (AvgIpc) is 3.38. The molecule has 0 radical (unpaired) electrons. The van der Waals surface area contributed by atoms with Crippen LogP contribution in [0.4, 0.5) is 5.69 Å². The van der Waals surface area contributed by atoms with E-state index in [9.17, 15) is 13.2 Å². The molecule has 0 amide bonds. The van der Waals surface area contributed by atoms with E-state index in [4.69, 9.17) is 19.1 Å². The molecule has 10 heteroatoms. The first-order valence-electron chi connectivity index (χ1n) is 11.9. The van der Waals surface area contributed by atoms with Crippen molar-refractivity contribution in [3.05, 3.63) is 59.7 Å². The SMILES string of the molecule is CCCCO[C@H]1C[C@H]2N(S(=O)(=O)c3ccc(C)cc3)c3ccccc3[C@]23C[C@@H](C(=O)OC)ON3O1. The van der Waals surface area contributed by atoms with E-state index in [0.717, 1.165) is 24.0 Å². The van der Waals surface area contributed by atoms with Gasteiger partial charge in [-0.1, -0.05) is 49.2 Å². The maximum Gasteiger partial charge on any atom is 0.337 e. The second kappa shape index (κ2) is 9.18. The number of unbranched alkanes of at least 4 members (excludes halogenated alkanes) is 1. The lowest BCUT2D eigenvalue weighted by Gasteiger charge is -2.45. The van der Waals surface area contributed by atoms with E-state index < -0.39 is 40.0 Å². The van der Waals surface area contributed by atoms with Crippen LogP contribution in [0.25, 0.3) is 0 Å². The van der Waals surface area contributed by atoms with E-state index in [2.05, 4.69) is 6.92 Å². The van der Waals surface area contributed by atoms with Crippen LogP contribution in [0.1, 0.15) is 43.7 Å². The smallest absolute Gasteiger partial charge is 0.337 e. The minimum Gasteiger partial charge on any atom is -0.467 e. The van der Waals surface area contributed by atoms with Gasteiger partial charge < -0.3 is 9.47 Å². The first-order chi connectivity index (χ1) is 16.8. The number of hydrogen-bond donors (Lipinski definition) is 0. The van der Waals surface area contributed by atoms with Gasteiger partial charge >= 0.3 is 5.97 Å². The molecule has 0 N–H and O–H groups in total. The Bertz CT molecular complexity index is 1200. The van der Waals surface area contributed by atoms with Gasteiger partial charge in [0.25, 0.3) is 10.0 Å². The minimum atomic E-state index is -3.95. The highest BCUT2D eigenvalue weighted by atomic mass is 32.2. The monoisotopic (exact) mass is 502 g/mol. The van der Waals surface area contributed by atoms with Crippen molar-refractivity contribution in [2.75, 3.05) is 18.0 Å². The summed E-state index contributed by atoms with van der Waals surface area (Å²) in [6, 6.07) is 13.5. The van der Waals surface area contributed by atoms with E-state index in [0.29, 0.717) is 12.3 Å². The molecule has 2 saturated heterocycles. The fourth-order valence-corrected chi connectivity index (χ4v) is 6.94. The van der Waals surface area contributed by atoms with Crippen LogP contribution in [0.15, 0.2) is 53.4 Å². The lowest BCUT2D eigenvalue weighted by atomic mass is 9.80. The molecule has 3 aliphatic rings. The highest BCUT2D eigenvalue weighted by Crippen LogP contribution is 2.58. The van der Waals surface area contributed by atoms with Crippen LogP contribution >= 0.6 is 0 Å². The summed E-state index contributed by atoms with van der Waals surface area (Å²) < 4.78 is 40.5. The number of hydrogen-bond acceptors (Lipinski definition) is 8. The topological polar surface area (TPSA) is 94.6 Å². The average molecular weight is 503 g/mol. The number of nitrogens with zero attached hydrogens (tertiary/aromatic N) is 2. The third-order valence-electron chi connectivity index (χ3n) is 6.96. The first kappa shape index (κ1) is 24.2. The molecule has 5 rings (SSSR count). The predicted octanol–water partition coefficient (Wildman–Crippen LogP) is 3.42. The molecule has 3 heterocycles. The Balaban J connectivity index is 1.63. The second-order valence-corrected chi connectivity index (χ2v) is 11.0. The van der Waals surface area contributed by atoms with Gasteiger partial charge in [-0.3, -0.25) is 9.14 Å². The summed E-state index contributed by atoms with van der Waals surface area (Å²) in [6.45, 7) is 4.44. The Morgan fingerprint density at radius 3 is 2.60 bits per heavy atom. The molecular formula is C25H30N2O7S. The maximum atomic E-state index is 14.1. The molecule has 1 spiro atoms. The van der Waals surface area contributed by atoms with E-state index in [1.165, 1.54) is 16.6 Å². The van der Waals surface area contributed by atoms with Crippen molar-refractivity contribution in [3.63, 3.8) is 0 Å². The van der Waals surface area contributed by atoms with Gasteiger partial charge in [0, 0.05) is 25.0 Å². The van der Waals surface area contributed by atoms with Crippen LogP contribution in [0.5, 0.6) is 0 Å². The highest BCUT2D eigenvalue weighted by Gasteiger charge is 2.67. The van der Waals surface area contributed by atoms with Gasteiger partial charge in [-0.15, -0.1) is 0 Å². The summed E-state index contributed by atoms with van der Waals surface area (Å²) >= 11 is 0. The number of carbonyl (C=O) groups is 1. The molecule has 4 atom stereocenters. The summed E-state index contributed by atoms with van der Waals surface area (Å²) in [7, 11) is -2.65. The number of aryl methyl sites for hydroxylation is 1. The van der Waals surface area contributed by atoms with E-state index in [1.807, 2.05) is 19.1 Å². The van der Waals surface area contributed by atoms with Gasteiger partial charge in [-0.2, -0.15) is 0 Å². The molecule has 3 aliphatic heterocycles. The zero-order chi connectivity index (χ0) is 24.8. The number of fused-ring (bicyclic) bond motifs is 1. The number of esters is 1. The quantitative estimate of drug-likeness (QED) is 0.420. The normalized spacial score (nSPS) is 27.9. The van der Waals surface area contributed by atoms with Crippen molar-refractivity contribution in [3.8, 4) is 0 Å². The van der Waals surface area contributed by atoms with Gasteiger partial charge in [-0.25, -0.2) is 18.0 Å². The van der Waals surface area contributed by atoms with Gasteiger partial charge in [0.2, 0.25) is 0 Å². The second-order valence-electron chi connectivity index (χ2n) is 9.14. The number of ether oxygens (including phenoxy) is 2. The summed E-state index contributed by atoms with van der Waals surface area (Å²) in [6.07, 6.45) is 0.574. The molecule has 0 aliphatic carbocycles. The van der Waals surface area contributed by atoms with E-state index in [1.54, 1.807) is 36.4 Å². The van der Waals surface area contributed by atoms with Crippen LogP contribution in [-0.2, 0) is 39.5 Å². The minimum absolute atomic E-state index is 0.183.